The molecule has 0 saturated heterocycles. The molecule has 4 heteroatoms. The smallest absolute Gasteiger partial charge is 0.107 e. The van der Waals surface area contributed by atoms with Gasteiger partial charge in [-0.3, -0.25) is 4.98 Å². The Morgan fingerprint density at radius 3 is 2.76 bits per heavy atom. The predicted molar refractivity (Wildman–Crippen MR) is 89.2 cm³/mol. The average molecular weight is 308 g/mol. The van der Waals surface area contributed by atoms with Gasteiger partial charge in [0.1, 0.15) is 15.7 Å². The molecule has 0 amide bonds. The standard InChI is InChI=1S/C17H28N2OS/c1-4-6-7-8-12-17(11-5-2)16-15(10-9-13-18-16)14-19(3)21(17)20/h9-10,13H,4-8,11-12,14H2,1-3H3. The summed E-state index contributed by atoms with van der Waals surface area (Å²) in [6.45, 7) is 5.16. The highest BCUT2D eigenvalue weighted by Crippen LogP contribution is 2.43. The Bertz CT molecular complexity index is 491. The Labute approximate surface area is 131 Å². The molecule has 0 aliphatic carbocycles. The van der Waals surface area contributed by atoms with E-state index in [9.17, 15) is 4.21 Å². The molecule has 2 heterocycles. The Kier molecular flexibility index (Phi) is 5.94. The molecule has 0 bridgehead atoms. The summed E-state index contributed by atoms with van der Waals surface area (Å²) in [5.41, 5.74) is 2.35. The van der Waals surface area contributed by atoms with Crippen LogP contribution in [0.5, 0.6) is 0 Å². The molecule has 1 aromatic rings. The third-order valence-corrected chi connectivity index (χ3v) is 6.39. The fourth-order valence-electron chi connectivity index (χ4n) is 3.43. The number of pyridine rings is 1. The first-order valence-corrected chi connectivity index (χ1v) is 9.34. The molecule has 2 rings (SSSR count). The number of rotatable bonds is 7. The van der Waals surface area contributed by atoms with Gasteiger partial charge >= 0.3 is 0 Å². The van der Waals surface area contributed by atoms with Gasteiger partial charge in [-0.05, 0) is 24.5 Å². The van der Waals surface area contributed by atoms with Gasteiger partial charge in [-0.25, -0.2) is 8.51 Å². The first-order chi connectivity index (χ1) is 10.2. The molecule has 1 aliphatic rings. The zero-order valence-electron chi connectivity index (χ0n) is 13.6. The predicted octanol–water partition coefficient (Wildman–Crippen LogP) is 4.16. The maximum absolute atomic E-state index is 13.1. The number of aromatic nitrogens is 1. The van der Waals surface area contributed by atoms with Gasteiger partial charge in [0, 0.05) is 19.8 Å². The van der Waals surface area contributed by atoms with E-state index in [1.165, 1.54) is 24.8 Å². The largest absolute Gasteiger partial charge is 0.259 e. The number of unbranched alkanes of at least 4 members (excludes halogenated alkanes) is 3. The maximum Gasteiger partial charge on any atom is 0.107 e. The summed E-state index contributed by atoms with van der Waals surface area (Å²) in [6.07, 6.45) is 9.72. The van der Waals surface area contributed by atoms with Gasteiger partial charge in [0.15, 0.2) is 0 Å². The number of nitrogens with zero attached hydrogens (tertiary/aromatic N) is 2. The highest BCUT2D eigenvalue weighted by Gasteiger charge is 2.45. The molecule has 3 nitrogen and oxygen atoms in total. The number of fused-ring (bicyclic) bond motifs is 1. The summed E-state index contributed by atoms with van der Waals surface area (Å²) in [6, 6.07) is 4.14. The number of hydrogen-bond acceptors (Lipinski definition) is 2. The van der Waals surface area contributed by atoms with Crippen LogP contribution >= 0.6 is 0 Å². The third-order valence-electron chi connectivity index (χ3n) is 4.42. The van der Waals surface area contributed by atoms with Crippen LogP contribution in [0.1, 0.15) is 70.1 Å². The van der Waals surface area contributed by atoms with Crippen molar-refractivity contribution < 1.29 is 4.21 Å². The SMILES string of the molecule is CCCCCCC1(CCC)c2ncccc2CN(C)S1=O. The van der Waals surface area contributed by atoms with Crippen LogP contribution in [-0.2, 0) is 22.3 Å². The molecule has 0 saturated carbocycles. The van der Waals surface area contributed by atoms with E-state index in [0.717, 1.165) is 37.9 Å². The molecule has 21 heavy (non-hydrogen) atoms. The summed E-state index contributed by atoms with van der Waals surface area (Å²) in [7, 11) is 0.998. The highest BCUT2D eigenvalue weighted by atomic mass is 32.2. The van der Waals surface area contributed by atoms with Crippen LogP contribution < -0.4 is 0 Å². The second-order valence-corrected chi connectivity index (χ2v) is 8.00. The van der Waals surface area contributed by atoms with Crippen molar-refractivity contribution in [3.05, 3.63) is 29.6 Å². The van der Waals surface area contributed by atoms with Gasteiger partial charge in [-0.2, -0.15) is 0 Å². The summed E-state index contributed by atoms with van der Waals surface area (Å²) in [5.74, 6) is 0. The lowest BCUT2D eigenvalue weighted by Crippen LogP contribution is -2.45. The quantitative estimate of drug-likeness (QED) is 0.709. The minimum absolute atomic E-state index is 0.272. The van der Waals surface area contributed by atoms with Crippen molar-refractivity contribution in [3.8, 4) is 0 Å². The van der Waals surface area contributed by atoms with Crippen molar-refractivity contribution in [2.45, 2.75) is 70.1 Å². The average Bonchev–Trinajstić information content (AvgIpc) is 2.49. The lowest BCUT2D eigenvalue weighted by atomic mass is 9.88. The van der Waals surface area contributed by atoms with Crippen molar-refractivity contribution in [2.24, 2.45) is 0 Å². The van der Waals surface area contributed by atoms with Gasteiger partial charge in [0.25, 0.3) is 0 Å². The molecule has 2 atom stereocenters. The van der Waals surface area contributed by atoms with Crippen molar-refractivity contribution in [3.63, 3.8) is 0 Å². The summed E-state index contributed by atoms with van der Waals surface area (Å²) < 4.78 is 14.8. The van der Waals surface area contributed by atoms with Gasteiger partial charge in [0.2, 0.25) is 0 Å². The van der Waals surface area contributed by atoms with Crippen LogP contribution in [0.25, 0.3) is 0 Å². The van der Waals surface area contributed by atoms with E-state index >= 15 is 0 Å². The fraction of sp³-hybridized carbons (Fsp3) is 0.706. The summed E-state index contributed by atoms with van der Waals surface area (Å²) in [4.78, 5) is 4.66. The molecule has 1 aliphatic heterocycles. The molecule has 0 N–H and O–H groups in total. The van der Waals surface area contributed by atoms with Crippen LogP contribution in [0, 0.1) is 0 Å². The Hall–Kier alpha value is -0.740. The minimum Gasteiger partial charge on any atom is -0.259 e. The second-order valence-electron chi connectivity index (χ2n) is 6.10. The molecule has 0 radical (unpaired) electrons. The first kappa shape index (κ1) is 16.6. The molecule has 0 spiro atoms. The number of hydrogen-bond donors (Lipinski definition) is 0. The van der Waals surface area contributed by atoms with E-state index in [1.807, 2.05) is 23.6 Å². The van der Waals surface area contributed by atoms with E-state index in [-0.39, 0.29) is 4.75 Å². The lowest BCUT2D eigenvalue weighted by molar-refractivity contribution is 0.391. The second kappa shape index (κ2) is 7.50. The zero-order valence-corrected chi connectivity index (χ0v) is 14.4. The first-order valence-electron chi connectivity index (χ1n) is 8.23. The van der Waals surface area contributed by atoms with Gasteiger partial charge in [-0.15, -0.1) is 0 Å². The van der Waals surface area contributed by atoms with Gasteiger partial charge in [-0.1, -0.05) is 52.0 Å². The lowest BCUT2D eigenvalue weighted by Gasteiger charge is -2.41. The van der Waals surface area contributed by atoms with Crippen molar-refractivity contribution in [2.75, 3.05) is 7.05 Å². The van der Waals surface area contributed by atoms with E-state index in [0.29, 0.717) is 0 Å². The Balaban J connectivity index is 2.33. The monoisotopic (exact) mass is 308 g/mol. The van der Waals surface area contributed by atoms with Gasteiger partial charge in [0.05, 0.1) is 5.69 Å². The molecule has 0 aromatic carbocycles. The van der Waals surface area contributed by atoms with E-state index < -0.39 is 11.0 Å². The van der Waals surface area contributed by atoms with Gasteiger partial charge < -0.3 is 0 Å². The van der Waals surface area contributed by atoms with Crippen molar-refractivity contribution >= 4 is 11.0 Å². The van der Waals surface area contributed by atoms with E-state index in [1.54, 1.807) is 0 Å². The Morgan fingerprint density at radius 1 is 1.24 bits per heavy atom. The maximum atomic E-state index is 13.1. The molecule has 118 valence electrons. The van der Waals surface area contributed by atoms with Crippen LogP contribution in [0.15, 0.2) is 18.3 Å². The molecule has 2 unspecified atom stereocenters. The zero-order chi connectivity index (χ0) is 15.3. The van der Waals surface area contributed by atoms with Crippen LogP contribution in [0.3, 0.4) is 0 Å². The van der Waals surface area contributed by atoms with E-state index in [4.69, 9.17) is 0 Å². The van der Waals surface area contributed by atoms with Crippen LogP contribution in [-0.4, -0.2) is 20.5 Å². The fourth-order valence-corrected chi connectivity index (χ4v) is 5.33. The summed E-state index contributed by atoms with van der Waals surface area (Å²) >= 11 is 0. The summed E-state index contributed by atoms with van der Waals surface area (Å²) in [5, 5.41) is 0. The molecular formula is C17H28N2OS. The molecular weight excluding hydrogens is 280 g/mol. The van der Waals surface area contributed by atoms with Crippen molar-refractivity contribution in [1.82, 2.24) is 9.29 Å². The van der Waals surface area contributed by atoms with Crippen LogP contribution in [0.2, 0.25) is 0 Å². The normalized spacial score (nSPS) is 25.8. The topological polar surface area (TPSA) is 33.2 Å². The minimum atomic E-state index is -0.977. The van der Waals surface area contributed by atoms with Crippen LogP contribution in [0.4, 0.5) is 0 Å². The molecule has 0 fully saturated rings. The van der Waals surface area contributed by atoms with E-state index in [2.05, 4.69) is 24.9 Å². The highest BCUT2D eigenvalue weighted by molar-refractivity contribution is 7.83. The third kappa shape index (κ3) is 3.37. The molecule has 1 aromatic heterocycles. The Morgan fingerprint density at radius 2 is 2.05 bits per heavy atom. The van der Waals surface area contributed by atoms with Crippen molar-refractivity contribution in [1.29, 1.82) is 0 Å².